The Hall–Kier alpha value is -8.92. The molecule has 0 spiro atoms. The third kappa shape index (κ3) is 6.21. The molecular formula is C65H45N3. The predicted octanol–water partition coefficient (Wildman–Crippen LogP) is 17.2. The second-order valence-corrected chi connectivity index (χ2v) is 17.7. The topological polar surface area (TPSA) is 11.4 Å². The molecule has 0 N–H and O–H groups in total. The Morgan fingerprint density at radius 1 is 0.309 bits per heavy atom. The summed E-state index contributed by atoms with van der Waals surface area (Å²) in [6.45, 7) is 0. The monoisotopic (exact) mass is 867 g/mol. The minimum absolute atomic E-state index is 0.630. The van der Waals surface area contributed by atoms with Gasteiger partial charge in [-0.05, 0) is 118 Å². The summed E-state index contributed by atoms with van der Waals surface area (Å²) in [4.78, 5) is 4.75. The van der Waals surface area contributed by atoms with E-state index in [1.165, 1.54) is 60.5 Å². The SMILES string of the molecule is c1ccc(N(c2ccccc2)c2ccc(-c3ccc(N(c4cccc(C5(c6ccccc6)c6ccccc6-n6c7ccccc7c7cccc5c76)c4)c4cccc5ccccc45)cc3)cc2)cc1. The maximum Gasteiger partial charge on any atom is 0.0743 e. The molecule has 3 nitrogen and oxygen atoms in total. The Morgan fingerprint density at radius 3 is 1.51 bits per heavy atom. The molecule has 320 valence electrons. The number of anilines is 6. The van der Waals surface area contributed by atoms with Crippen molar-refractivity contribution in [2.75, 3.05) is 9.80 Å². The first kappa shape index (κ1) is 39.4. The van der Waals surface area contributed by atoms with E-state index in [2.05, 4.69) is 287 Å². The molecule has 0 amide bonds. The maximum absolute atomic E-state index is 2.50. The van der Waals surface area contributed by atoms with E-state index in [1.807, 2.05) is 0 Å². The summed E-state index contributed by atoms with van der Waals surface area (Å²) in [5.41, 5.74) is 17.0. The van der Waals surface area contributed by atoms with Crippen LogP contribution >= 0.6 is 0 Å². The third-order valence-corrected chi connectivity index (χ3v) is 14.0. The highest BCUT2D eigenvalue weighted by atomic mass is 15.1. The van der Waals surface area contributed by atoms with E-state index in [9.17, 15) is 0 Å². The molecular weight excluding hydrogens is 823 g/mol. The Balaban J connectivity index is 0.973. The molecule has 0 radical (unpaired) electrons. The van der Waals surface area contributed by atoms with Crippen molar-refractivity contribution in [2.24, 2.45) is 0 Å². The van der Waals surface area contributed by atoms with Crippen LogP contribution in [0, 0.1) is 0 Å². The average molecular weight is 868 g/mol. The minimum atomic E-state index is -0.630. The van der Waals surface area contributed by atoms with Crippen molar-refractivity contribution in [1.82, 2.24) is 4.57 Å². The lowest BCUT2D eigenvalue weighted by atomic mass is 9.63. The molecule has 1 aliphatic heterocycles. The molecule has 13 rings (SSSR count). The number of fused-ring (bicyclic) bond motifs is 6. The van der Waals surface area contributed by atoms with Crippen LogP contribution in [0.2, 0.25) is 0 Å². The minimum Gasteiger partial charge on any atom is -0.311 e. The van der Waals surface area contributed by atoms with Crippen molar-refractivity contribution in [3.8, 4) is 16.8 Å². The molecule has 0 saturated carbocycles. The van der Waals surface area contributed by atoms with Gasteiger partial charge in [0.1, 0.15) is 0 Å². The van der Waals surface area contributed by atoms with Crippen molar-refractivity contribution in [3.63, 3.8) is 0 Å². The molecule has 12 aromatic rings. The normalized spacial score (nSPS) is 13.9. The van der Waals surface area contributed by atoms with Crippen molar-refractivity contribution in [2.45, 2.75) is 5.41 Å². The fraction of sp³-hybridized carbons (Fsp3) is 0.0154. The fourth-order valence-electron chi connectivity index (χ4n) is 11.1. The van der Waals surface area contributed by atoms with Crippen LogP contribution in [-0.4, -0.2) is 4.57 Å². The van der Waals surface area contributed by atoms with Gasteiger partial charge in [0, 0.05) is 44.6 Å². The average Bonchev–Trinajstić information content (AvgIpc) is 3.76. The first-order valence-corrected chi connectivity index (χ1v) is 23.4. The summed E-state index contributed by atoms with van der Waals surface area (Å²) in [6.07, 6.45) is 0. The molecule has 3 heteroatoms. The summed E-state index contributed by atoms with van der Waals surface area (Å²) in [5, 5.41) is 4.92. The van der Waals surface area contributed by atoms with E-state index in [-0.39, 0.29) is 0 Å². The number of hydrogen-bond acceptors (Lipinski definition) is 2. The van der Waals surface area contributed by atoms with Crippen LogP contribution in [0.1, 0.15) is 22.3 Å². The van der Waals surface area contributed by atoms with Crippen LogP contribution in [0.5, 0.6) is 0 Å². The molecule has 0 bridgehead atoms. The van der Waals surface area contributed by atoms with Crippen molar-refractivity contribution in [3.05, 3.63) is 295 Å². The van der Waals surface area contributed by atoms with E-state index in [4.69, 9.17) is 0 Å². The second kappa shape index (κ2) is 16.2. The maximum atomic E-state index is 2.50. The lowest BCUT2D eigenvalue weighted by Gasteiger charge is -2.42. The predicted molar refractivity (Wildman–Crippen MR) is 285 cm³/mol. The number of nitrogens with zero attached hydrogens (tertiary/aromatic N) is 3. The van der Waals surface area contributed by atoms with Crippen LogP contribution in [0.3, 0.4) is 0 Å². The summed E-state index contributed by atoms with van der Waals surface area (Å²) in [6, 6.07) is 99.8. The van der Waals surface area contributed by atoms with Crippen molar-refractivity contribution >= 4 is 66.7 Å². The number of aromatic nitrogens is 1. The van der Waals surface area contributed by atoms with E-state index < -0.39 is 5.41 Å². The Morgan fingerprint density at radius 2 is 0.794 bits per heavy atom. The van der Waals surface area contributed by atoms with Crippen molar-refractivity contribution in [1.29, 1.82) is 0 Å². The lowest BCUT2D eigenvalue weighted by molar-refractivity contribution is 0.728. The van der Waals surface area contributed by atoms with Gasteiger partial charge in [-0.1, -0.05) is 194 Å². The molecule has 0 aliphatic carbocycles. The lowest BCUT2D eigenvalue weighted by Crippen LogP contribution is -2.35. The van der Waals surface area contributed by atoms with Gasteiger partial charge in [-0.2, -0.15) is 0 Å². The summed E-state index contributed by atoms with van der Waals surface area (Å²) in [7, 11) is 0. The van der Waals surface area contributed by atoms with Crippen LogP contribution in [0.25, 0.3) is 49.4 Å². The van der Waals surface area contributed by atoms with E-state index in [0.29, 0.717) is 0 Å². The number of rotatable bonds is 9. The van der Waals surface area contributed by atoms with Gasteiger partial charge < -0.3 is 14.4 Å². The summed E-state index contributed by atoms with van der Waals surface area (Å²) >= 11 is 0. The van der Waals surface area contributed by atoms with Crippen LogP contribution < -0.4 is 9.80 Å². The van der Waals surface area contributed by atoms with Gasteiger partial charge in [-0.15, -0.1) is 0 Å². The van der Waals surface area contributed by atoms with Gasteiger partial charge in [-0.25, -0.2) is 0 Å². The smallest absolute Gasteiger partial charge is 0.0743 e. The standard InChI is InChI=1S/C65H45N3/c1-4-21-49(22-5-1)65(59-32-13-15-35-63(59)68-62-34-14-12-30-57(62)58-31-18-33-60(65)64(58)68)50-23-17-28-55(45-50)67(61-36-16-20-48-19-10-11-29-56(48)61)54-43-39-47(40-44-54)46-37-41-53(42-38-46)66(51-24-6-2-7-25-51)52-26-8-3-9-27-52/h1-45H. The third-order valence-electron chi connectivity index (χ3n) is 14.0. The summed E-state index contributed by atoms with van der Waals surface area (Å²) in [5.74, 6) is 0. The van der Waals surface area contributed by atoms with Gasteiger partial charge in [0.15, 0.2) is 0 Å². The first-order valence-electron chi connectivity index (χ1n) is 23.4. The zero-order valence-electron chi connectivity index (χ0n) is 37.3. The van der Waals surface area contributed by atoms with Crippen LogP contribution in [-0.2, 0) is 5.41 Å². The molecule has 0 fully saturated rings. The zero-order valence-corrected chi connectivity index (χ0v) is 37.3. The molecule has 68 heavy (non-hydrogen) atoms. The number of para-hydroxylation sites is 5. The molecule has 11 aromatic carbocycles. The zero-order chi connectivity index (χ0) is 45.0. The molecule has 1 aromatic heterocycles. The molecule has 1 unspecified atom stereocenters. The van der Waals surface area contributed by atoms with Crippen LogP contribution in [0.15, 0.2) is 273 Å². The van der Waals surface area contributed by atoms with Gasteiger partial charge in [0.2, 0.25) is 0 Å². The Kier molecular flexibility index (Phi) is 9.40. The van der Waals surface area contributed by atoms with Crippen molar-refractivity contribution < 1.29 is 0 Å². The number of benzene rings is 11. The molecule has 0 saturated heterocycles. The van der Waals surface area contributed by atoms with Gasteiger partial charge in [0.05, 0.1) is 27.8 Å². The summed E-state index contributed by atoms with van der Waals surface area (Å²) < 4.78 is 2.50. The van der Waals surface area contributed by atoms with Gasteiger partial charge in [-0.3, -0.25) is 0 Å². The largest absolute Gasteiger partial charge is 0.311 e. The van der Waals surface area contributed by atoms with Gasteiger partial charge >= 0.3 is 0 Å². The highest BCUT2D eigenvalue weighted by molar-refractivity contribution is 6.12. The van der Waals surface area contributed by atoms with E-state index >= 15 is 0 Å². The number of hydrogen-bond donors (Lipinski definition) is 0. The highest BCUT2D eigenvalue weighted by Gasteiger charge is 2.45. The second-order valence-electron chi connectivity index (χ2n) is 17.7. The fourth-order valence-corrected chi connectivity index (χ4v) is 11.1. The quantitative estimate of drug-likeness (QED) is 0.143. The molecule has 1 aliphatic rings. The van der Waals surface area contributed by atoms with Crippen LogP contribution in [0.4, 0.5) is 34.1 Å². The molecule has 1 atom stereocenters. The Bertz CT molecular complexity index is 3740. The Labute approximate surface area is 396 Å². The molecule has 2 heterocycles. The first-order chi connectivity index (χ1) is 33.8. The van der Waals surface area contributed by atoms with E-state index in [1.54, 1.807) is 0 Å². The highest BCUT2D eigenvalue weighted by Crippen LogP contribution is 2.55. The van der Waals surface area contributed by atoms with E-state index in [0.717, 1.165) is 45.3 Å². The van der Waals surface area contributed by atoms with Gasteiger partial charge in [0.25, 0.3) is 0 Å².